The number of unbranched alkanes of at least 4 members (excludes halogenated alkanes) is 2. The Hall–Kier alpha value is -2.79. The van der Waals surface area contributed by atoms with Crippen LogP contribution in [0.3, 0.4) is 0 Å². The van der Waals surface area contributed by atoms with Crippen molar-refractivity contribution >= 4 is 12.0 Å². The van der Waals surface area contributed by atoms with E-state index in [0.29, 0.717) is 18.5 Å². The second-order valence-corrected chi connectivity index (χ2v) is 9.94. The summed E-state index contributed by atoms with van der Waals surface area (Å²) in [5.74, 6) is 1.78. The number of hydrogen-bond donors (Lipinski definition) is 0. The van der Waals surface area contributed by atoms with Gasteiger partial charge in [-0.1, -0.05) is 57.4 Å². The van der Waals surface area contributed by atoms with Crippen molar-refractivity contribution in [2.24, 2.45) is 4.99 Å². The number of carbonyl (C=O) groups excluding carboxylic acids is 1. The average Bonchev–Trinajstić information content (AvgIpc) is 3.52. The summed E-state index contributed by atoms with van der Waals surface area (Å²) in [7, 11) is 0. The lowest BCUT2D eigenvalue weighted by atomic mass is 9.93. The Balaban J connectivity index is 0.000000330. The van der Waals surface area contributed by atoms with Gasteiger partial charge in [0.25, 0.3) is 0 Å². The van der Waals surface area contributed by atoms with Gasteiger partial charge in [0.2, 0.25) is 0 Å². The lowest BCUT2D eigenvalue weighted by Crippen LogP contribution is -2.34. The minimum atomic E-state index is 0.241. The fourth-order valence-electron chi connectivity index (χ4n) is 4.71. The lowest BCUT2D eigenvalue weighted by Gasteiger charge is -2.22. The Bertz CT molecular complexity index is 969. The lowest BCUT2D eigenvalue weighted by molar-refractivity contribution is -0.118. The summed E-state index contributed by atoms with van der Waals surface area (Å²) in [6, 6.07) is 11.0. The molecular formula is C32H47N3O2. The molecule has 4 rings (SSSR count). The molecule has 1 saturated heterocycles. The van der Waals surface area contributed by atoms with E-state index in [1.807, 2.05) is 50.5 Å². The highest BCUT2D eigenvalue weighted by Gasteiger charge is 2.33. The van der Waals surface area contributed by atoms with Crippen LogP contribution >= 0.6 is 0 Å². The molecule has 2 atom stereocenters. The van der Waals surface area contributed by atoms with E-state index >= 15 is 0 Å². The minimum absolute atomic E-state index is 0.241. The maximum absolute atomic E-state index is 11.7. The van der Waals surface area contributed by atoms with Crippen molar-refractivity contribution in [3.63, 3.8) is 0 Å². The Kier molecular flexibility index (Phi) is 14.5. The predicted molar refractivity (Wildman–Crippen MR) is 156 cm³/mol. The first-order valence-corrected chi connectivity index (χ1v) is 13.9. The van der Waals surface area contributed by atoms with E-state index in [2.05, 4.69) is 46.9 Å². The number of rotatable bonds is 9. The quantitative estimate of drug-likeness (QED) is 0.345. The Morgan fingerprint density at radius 3 is 2.65 bits per heavy atom. The molecule has 1 fully saturated rings. The number of Topliss-reactive ketones (excluding diaryl/α,β-unsaturated/α-hetero) is 1. The highest BCUT2D eigenvalue weighted by molar-refractivity contribution is 5.77. The number of hydrogen-bond acceptors (Lipinski definition) is 5. The molecule has 2 aliphatic heterocycles. The number of pyridine rings is 1. The molecule has 0 radical (unpaired) electrons. The van der Waals surface area contributed by atoms with Gasteiger partial charge < -0.3 is 4.74 Å². The van der Waals surface area contributed by atoms with Gasteiger partial charge in [0.15, 0.2) is 0 Å². The molecular weight excluding hydrogens is 458 g/mol. The first-order chi connectivity index (χ1) is 18.0. The van der Waals surface area contributed by atoms with Crippen LogP contribution < -0.4 is 4.74 Å². The number of aromatic nitrogens is 1. The minimum Gasteiger partial charge on any atom is -0.493 e. The molecule has 202 valence electrons. The second-order valence-electron chi connectivity index (χ2n) is 9.94. The summed E-state index contributed by atoms with van der Waals surface area (Å²) in [5, 5.41) is 0. The zero-order valence-electron chi connectivity index (χ0n) is 23.7. The molecule has 0 amide bonds. The van der Waals surface area contributed by atoms with Gasteiger partial charge in [0, 0.05) is 44.2 Å². The molecule has 0 bridgehead atoms. The zero-order chi connectivity index (χ0) is 26.9. The molecule has 0 N–H and O–H groups in total. The highest BCUT2D eigenvalue weighted by atomic mass is 16.5. The molecule has 2 aliphatic rings. The van der Waals surface area contributed by atoms with E-state index in [4.69, 9.17) is 4.74 Å². The van der Waals surface area contributed by atoms with E-state index in [-0.39, 0.29) is 5.78 Å². The average molecular weight is 506 g/mol. The van der Waals surface area contributed by atoms with Crippen LogP contribution in [0.25, 0.3) is 0 Å². The van der Waals surface area contributed by atoms with Gasteiger partial charge in [0.05, 0.1) is 13.2 Å². The maximum atomic E-state index is 11.7. The highest BCUT2D eigenvalue weighted by Crippen LogP contribution is 2.36. The van der Waals surface area contributed by atoms with Crippen LogP contribution in [0, 0.1) is 6.92 Å². The van der Waals surface area contributed by atoms with Crippen molar-refractivity contribution in [2.45, 2.75) is 85.1 Å². The summed E-state index contributed by atoms with van der Waals surface area (Å²) in [4.78, 5) is 22.3. The fraction of sp³-hybridized carbons (Fsp3) is 0.531. The number of aryl methyl sites for hydroxylation is 1. The van der Waals surface area contributed by atoms with Crippen molar-refractivity contribution in [1.29, 1.82) is 0 Å². The Morgan fingerprint density at radius 1 is 1.24 bits per heavy atom. The third-order valence-corrected chi connectivity index (χ3v) is 6.63. The number of ketones is 1. The van der Waals surface area contributed by atoms with Crippen molar-refractivity contribution in [3.8, 4) is 5.75 Å². The number of benzene rings is 1. The number of nitrogens with zero attached hydrogens (tertiary/aromatic N) is 3. The summed E-state index contributed by atoms with van der Waals surface area (Å²) in [5.41, 5.74) is 3.93. The number of aliphatic imine (C=N–C) groups is 1. The molecule has 2 aromatic rings. The van der Waals surface area contributed by atoms with Crippen LogP contribution in [0.4, 0.5) is 0 Å². The van der Waals surface area contributed by atoms with Gasteiger partial charge in [0.1, 0.15) is 11.5 Å². The van der Waals surface area contributed by atoms with Crippen LogP contribution in [0.2, 0.25) is 0 Å². The molecule has 0 saturated carbocycles. The van der Waals surface area contributed by atoms with E-state index in [1.54, 1.807) is 13.1 Å². The van der Waals surface area contributed by atoms with Crippen molar-refractivity contribution in [1.82, 2.24) is 9.88 Å². The number of ether oxygens (including phenoxy) is 1. The van der Waals surface area contributed by atoms with Gasteiger partial charge in [-0.3, -0.25) is 19.7 Å². The first-order valence-electron chi connectivity index (χ1n) is 13.9. The summed E-state index contributed by atoms with van der Waals surface area (Å²) in [6.07, 6.45) is 16.6. The molecule has 5 heteroatoms. The van der Waals surface area contributed by atoms with Crippen molar-refractivity contribution in [3.05, 3.63) is 71.6 Å². The largest absolute Gasteiger partial charge is 0.493 e. The molecule has 0 spiro atoms. The molecule has 5 nitrogen and oxygen atoms in total. The third kappa shape index (κ3) is 11.4. The molecule has 37 heavy (non-hydrogen) atoms. The number of likely N-dealkylation sites (tertiary alicyclic amines) is 1. The van der Waals surface area contributed by atoms with E-state index in [9.17, 15) is 4.79 Å². The van der Waals surface area contributed by atoms with E-state index in [1.165, 1.54) is 36.0 Å². The van der Waals surface area contributed by atoms with Gasteiger partial charge >= 0.3 is 0 Å². The predicted octanol–water partition coefficient (Wildman–Crippen LogP) is 6.99. The van der Waals surface area contributed by atoms with Gasteiger partial charge in [-0.25, -0.2) is 0 Å². The fourth-order valence-corrected chi connectivity index (χ4v) is 4.71. The van der Waals surface area contributed by atoms with E-state index < -0.39 is 0 Å². The SMILES string of the molecule is C/C=C\C=NCCC1CC(c2ccc3c(c2)CCO3)CN1CC(C)=O.CCCCC.Cc1cccnc1. The number of carbonyl (C=O) groups is 1. The molecule has 3 heterocycles. The van der Waals surface area contributed by atoms with Crippen LogP contribution in [0.5, 0.6) is 5.75 Å². The normalized spacial score (nSPS) is 18.6. The topological polar surface area (TPSA) is 54.8 Å². The summed E-state index contributed by atoms with van der Waals surface area (Å²) >= 11 is 0. The smallest absolute Gasteiger partial charge is 0.143 e. The van der Waals surface area contributed by atoms with Crippen molar-refractivity contribution in [2.75, 3.05) is 26.2 Å². The second kappa shape index (κ2) is 17.6. The standard InChI is InChI=1S/C21H28N2O2.C6H7N.C5H12/c1-3-4-9-22-10-7-20-13-19(15-23(20)14-16(2)24)17-5-6-21-18(12-17)8-11-25-21;1-6-3-2-4-7-5-6;1-3-5-4-2/h3-6,9,12,19-20H,7-8,10-11,13-15H2,1-2H3;2-5H,1H3;3-5H2,1-2H3/b4-3-,22-9?;;. The Morgan fingerprint density at radius 2 is 2.05 bits per heavy atom. The summed E-state index contributed by atoms with van der Waals surface area (Å²) < 4.78 is 5.62. The summed E-state index contributed by atoms with van der Waals surface area (Å²) in [6.45, 7) is 13.2. The molecule has 2 unspecified atom stereocenters. The Labute approximate surface area is 225 Å². The first kappa shape index (κ1) is 30.4. The van der Waals surface area contributed by atoms with Crippen LogP contribution in [-0.2, 0) is 11.2 Å². The van der Waals surface area contributed by atoms with Crippen LogP contribution in [0.15, 0.2) is 59.9 Å². The molecule has 1 aromatic heterocycles. The van der Waals surface area contributed by atoms with Crippen LogP contribution in [-0.4, -0.2) is 54.2 Å². The van der Waals surface area contributed by atoms with Crippen LogP contribution in [0.1, 0.15) is 82.4 Å². The van der Waals surface area contributed by atoms with Gasteiger partial charge in [-0.05, 0) is 74.4 Å². The molecule has 1 aromatic carbocycles. The zero-order valence-corrected chi connectivity index (χ0v) is 23.7. The van der Waals surface area contributed by atoms with Crippen molar-refractivity contribution < 1.29 is 9.53 Å². The number of allylic oxidation sites excluding steroid dienone is 2. The maximum Gasteiger partial charge on any atom is 0.143 e. The number of fused-ring (bicyclic) bond motifs is 1. The monoisotopic (exact) mass is 505 g/mol. The van der Waals surface area contributed by atoms with E-state index in [0.717, 1.165) is 44.7 Å². The van der Waals surface area contributed by atoms with Gasteiger partial charge in [-0.15, -0.1) is 0 Å². The molecule has 0 aliphatic carbocycles. The van der Waals surface area contributed by atoms with Gasteiger partial charge in [-0.2, -0.15) is 0 Å². The third-order valence-electron chi connectivity index (χ3n) is 6.63.